The Kier molecular flexibility index (Phi) is 3.28. The van der Waals surface area contributed by atoms with Crippen molar-refractivity contribution in [3.8, 4) is 0 Å². The van der Waals surface area contributed by atoms with Crippen LogP contribution in [0.3, 0.4) is 0 Å². The zero-order chi connectivity index (χ0) is 14.0. The molecule has 19 heavy (non-hydrogen) atoms. The number of alkyl halides is 3. The number of halogens is 3. The summed E-state index contributed by atoms with van der Waals surface area (Å²) in [4.78, 5) is 10.6. The Balaban J connectivity index is 2.13. The fourth-order valence-electron chi connectivity index (χ4n) is 1.54. The van der Waals surface area contributed by atoms with Crippen LogP contribution in [0, 0.1) is 0 Å². The summed E-state index contributed by atoms with van der Waals surface area (Å²) >= 11 is 0. The van der Waals surface area contributed by atoms with E-state index in [2.05, 4.69) is 5.10 Å². The van der Waals surface area contributed by atoms with E-state index in [1.165, 1.54) is 18.3 Å². The maximum absolute atomic E-state index is 12.3. The highest BCUT2D eigenvalue weighted by Crippen LogP contribution is 2.27. The molecule has 0 spiro atoms. The lowest BCUT2D eigenvalue weighted by atomic mass is 10.1. The van der Waals surface area contributed by atoms with Crippen LogP contribution in [0.5, 0.6) is 0 Å². The van der Waals surface area contributed by atoms with Gasteiger partial charge in [0.15, 0.2) is 5.69 Å². The van der Waals surface area contributed by atoms with Gasteiger partial charge in [0.25, 0.3) is 0 Å². The average Bonchev–Trinajstić information content (AvgIpc) is 2.78. The lowest BCUT2D eigenvalue weighted by molar-refractivity contribution is -0.141. The topological polar surface area (TPSA) is 55.1 Å². The van der Waals surface area contributed by atoms with Gasteiger partial charge >= 0.3 is 12.1 Å². The van der Waals surface area contributed by atoms with E-state index in [1.54, 1.807) is 12.1 Å². The van der Waals surface area contributed by atoms with Gasteiger partial charge in [0, 0.05) is 6.20 Å². The van der Waals surface area contributed by atoms with Crippen LogP contribution in [-0.2, 0) is 12.7 Å². The number of hydrogen-bond acceptors (Lipinski definition) is 2. The summed E-state index contributed by atoms with van der Waals surface area (Å²) in [5.74, 6) is -1.05. The summed E-state index contributed by atoms with van der Waals surface area (Å²) in [7, 11) is 0. The van der Waals surface area contributed by atoms with Crippen LogP contribution in [0.25, 0.3) is 0 Å². The highest BCUT2D eigenvalue weighted by molar-refractivity contribution is 5.87. The normalized spacial score (nSPS) is 11.5. The molecule has 0 bridgehead atoms. The molecule has 1 aromatic heterocycles. The number of carbonyl (C=O) groups is 1. The molecule has 2 rings (SSSR count). The molecule has 0 radical (unpaired) electrons. The summed E-state index contributed by atoms with van der Waals surface area (Å²) < 4.78 is 38.2. The van der Waals surface area contributed by atoms with Crippen LogP contribution in [0.4, 0.5) is 13.2 Å². The Morgan fingerprint density at radius 1 is 1.21 bits per heavy atom. The van der Waals surface area contributed by atoms with E-state index in [1.807, 2.05) is 0 Å². The fourth-order valence-corrected chi connectivity index (χ4v) is 1.54. The van der Waals surface area contributed by atoms with E-state index in [4.69, 9.17) is 5.11 Å². The predicted molar refractivity (Wildman–Crippen MR) is 59.7 cm³/mol. The quantitative estimate of drug-likeness (QED) is 0.932. The minimum absolute atomic E-state index is 0.125. The Labute approximate surface area is 106 Å². The Morgan fingerprint density at radius 2 is 1.84 bits per heavy atom. The van der Waals surface area contributed by atoms with E-state index < -0.39 is 17.8 Å². The molecule has 2 aromatic rings. The first kappa shape index (κ1) is 13.1. The number of hydrogen-bond donors (Lipinski definition) is 1. The van der Waals surface area contributed by atoms with Crippen molar-refractivity contribution in [3.05, 3.63) is 53.3 Å². The van der Waals surface area contributed by atoms with Crippen LogP contribution < -0.4 is 0 Å². The summed E-state index contributed by atoms with van der Waals surface area (Å²) in [6, 6.07) is 6.76. The van der Waals surface area contributed by atoms with Crippen molar-refractivity contribution in [1.29, 1.82) is 0 Å². The highest BCUT2D eigenvalue weighted by Gasteiger charge is 2.33. The molecule has 0 unspecified atom stereocenters. The summed E-state index contributed by atoms with van der Waals surface area (Å²) in [6.45, 7) is 0.149. The van der Waals surface area contributed by atoms with Crippen LogP contribution in [0.2, 0.25) is 0 Å². The standard InChI is InChI=1S/C12H9F3N2O2/c13-12(14,15)10-5-6-17(16-10)7-8-1-3-9(4-2-8)11(18)19/h1-6H,7H2,(H,18,19). The third kappa shape index (κ3) is 3.12. The molecule has 0 atom stereocenters. The Morgan fingerprint density at radius 3 is 2.32 bits per heavy atom. The minimum atomic E-state index is -4.46. The number of nitrogens with zero attached hydrogens (tertiary/aromatic N) is 2. The maximum Gasteiger partial charge on any atom is 0.435 e. The monoisotopic (exact) mass is 270 g/mol. The predicted octanol–water partition coefficient (Wildman–Crippen LogP) is 2.65. The van der Waals surface area contributed by atoms with Crippen molar-refractivity contribution in [2.24, 2.45) is 0 Å². The lowest BCUT2D eigenvalue weighted by Gasteiger charge is -2.04. The van der Waals surface area contributed by atoms with Gasteiger partial charge in [0.05, 0.1) is 12.1 Å². The number of aromatic carboxylic acids is 1. The molecule has 4 nitrogen and oxygen atoms in total. The largest absolute Gasteiger partial charge is 0.478 e. The van der Waals surface area contributed by atoms with Crippen LogP contribution in [0.15, 0.2) is 36.5 Å². The average molecular weight is 270 g/mol. The third-order valence-electron chi connectivity index (χ3n) is 2.48. The Hall–Kier alpha value is -2.31. The van der Waals surface area contributed by atoms with Gasteiger partial charge in [-0.3, -0.25) is 4.68 Å². The summed E-state index contributed by atoms with van der Waals surface area (Å²) in [5.41, 5.74) is -0.156. The van der Waals surface area contributed by atoms with Crippen molar-refractivity contribution in [3.63, 3.8) is 0 Å². The Bertz CT molecular complexity index is 588. The van der Waals surface area contributed by atoms with Gasteiger partial charge in [-0.25, -0.2) is 4.79 Å². The van der Waals surface area contributed by atoms with E-state index >= 15 is 0 Å². The van der Waals surface area contributed by atoms with E-state index in [0.29, 0.717) is 5.56 Å². The second-order valence-corrected chi connectivity index (χ2v) is 3.90. The maximum atomic E-state index is 12.3. The first-order valence-corrected chi connectivity index (χ1v) is 5.29. The van der Waals surface area contributed by atoms with Crippen molar-refractivity contribution in [2.75, 3.05) is 0 Å². The molecule has 0 fully saturated rings. The molecule has 0 saturated carbocycles. The molecule has 100 valence electrons. The van der Waals surface area contributed by atoms with Crippen LogP contribution >= 0.6 is 0 Å². The minimum Gasteiger partial charge on any atom is -0.478 e. The van der Waals surface area contributed by atoms with E-state index in [-0.39, 0.29) is 12.1 Å². The first-order valence-electron chi connectivity index (χ1n) is 5.29. The second kappa shape index (κ2) is 4.75. The number of benzene rings is 1. The molecule has 0 amide bonds. The van der Waals surface area contributed by atoms with Gasteiger partial charge in [-0.05, 0) is 23.8 Å². The number of carboxylic acids is 1. The zero-order valence-corrected chi connectivity index (χ0v) is 9.55. The molecule has 0 saturated heterocycles. The molecule has 0 aliphatic heterocycles. The van der Waals surface area contributed by atoms with E-state index in [0.717, 1.165) is 10.7 Å². The van der Waals surface area contributed by atoms with Crippen molar-refractivity contribution in [1.82, 2.24) is 9.78 Å². The number of carboxylic acid groups (broad SMARTS) is 1. The molecular formula is C12H9F3N2O2. The molecular weight excluding hydrogens is 261 g/mol. The van der Waals surface area contributed by atoms with Crippen LogP contribution in [0.1, 0.15) is 21.6 Å². The molecule has 0 aliphatic carbocycles. The molecule has 0 aliphatic rings. The second-order valence-electron chi connectivity index (χ2n) is 3.90. The van der Waals surface area contributed by atoms with Gasteiger partial charge in [0.2, 0.25) is 0 Å². The van der Waals surface area contributed by atoms with Gasteiger partial charge < -0.3 is 5.11 Å². The number of rotatable bonds is 3. The molecule has 1 aromatic carbocycles. The van der Waals surface area contributed by atoms with Crippen molar-refractivity contribution in [2.45, 2.75) is 12.7 Å². The summed E-state index contributed by atoms with van der Waals surface area (Å²) in [6.07, 6.45) is -3.23. The smallest absolute Gasteiger partial charge is 0.435 e. The van der Waals surface area contributed by atoms with Gasteiger partial charge in [0.1, 0.15) is 0 Å². The van der Waals surface area contributed by atoms with Gasteiger partial charge in [-0.15, -0.1) is 0 Å². The lowest BCUT2D eigenvalue weighted by Crippen LogP contribution is -2.08. The first-order chi connectivity index (χ1) is 8.86. The fraction of sp³-hybridized carbons (Fsp3) is 0.167. The molecule has 1 N–H and O–H groups in total. The molecule has 1 heterocycles. The third-order valence-corrected chi connectivity index (χ3v) is 2.48. The van der Waals surface area contributed by atoms with Crippen LogP contribution in [-0.4, -0.2) is 20.9 Å². The summed E-state index contributed by atoms with van der Waals surface area (Å²) in [5, 5.41) is 12.1. The highest BCUT2D eigenvalue weighted by atomic mass is 19.4. The van der Waals surface area contributed by atoms with Gasteiger partial charge in [-0.2, -0.15) is 18.3 Å². The zero-order valence-electron chi connectivity index (χ0n) is 9.55. The SMILES string of the molecule is O=C(O)c1ccc(Cn2ccc(C(F)(F)F)n2)cc1. The number of aromatic nitrogens is 2. The molecule has 7 heteroatoms. The van der Waals surface area contributed by atoms with Crippen molar-refractivity contribution >= 4 is 5.97 Å². The van der Waals surface area contributed by atoms with Crippen molar-refractivity contribution < 1.29 is 23.1 Å². The van der Waals surface area contributed by atoms with E-state index in [9.17, 15) is 18.0 Å². The van der Waals surface area contributed by atoms with Gasteiger partial charge in [-0.1, -0.05) is 12.1 Å².